The molecule has 0 radical (unpaired) electrons. The summed E-state index contributed by atoms with van der Waals surface area (Å²) in [7, 11) is 1.79. The first-order chi connectivity index (χ1) is 15.6. The Morgan fingerprint density at radius 1 is 1.06 bits per heavy atom. The van der Waals surface area contributed by atoms with Gasteiger partial charge in [0.05, 0.1) is 13.2 Å². The van der Waals surface area contributed by atoms with E-state index in [2.05, 4.69) is 21.9 Å². The van der Waals surface area contributed by atoms with Crippen molar-refractivity contribution >= 4 is 11.9 Å². The summed E-state index contributed by atoms with van der Waals surface area (Å²) in [5.74, 6) is -2.56. The monoisotopic (exact) mass is 506 g/mol. The summed E-state index contributed by atoms with van der Waals surface area (Å²) in [6.07, 6.45) is -7.55. The maximum absolute atomic E-state index is 10.6. The lowest BCUT2D eigenvalue weighted by Gasteiger charge is -2.37. The highest BCUT2D eigenvalue weighted by Crippen LogP contribution is 2.31. The second kappa shape index (κ2) is 13.0. The molecule has 2 saturated heterocycles. The van der Waals surface area contributed by atoms with Crippen LogP contribution in [0.1, 0.15) is 24.4 Å². The van der Waals surface area contributed by atoms with Crippen LogP contribution in [0.4, 0.5) is 26.3 Å². The lowest BCUT2D eigenvalue weighted by molar-refractivity contribution is -0.193. The van der Waals surface area contributed by atoms with E-state index in [4.69, 9.17) is 29.0 Å². The van der Waals surface area contributed by atoms with Crippen molar-refractivity contribution in [3.8, 4) is 0 Å². The number of likely N-dealkylation sites (tertiary alicyclic amines) is 2. The molecule has 0 bridgehead atoms. The molecule has 0 saturated carbocycles. The fraction of sp³-hybridized carbons (Fsp3) is 0.700. The summed E-state index contributed by atoms with van der Waals surface area (Å²) in [4.78, 5) is 23.0. The first kappa shape index (κ1) is 29.7. The van der Waals surface area contributed by atoms with Gasteiger partial charge in [-0.25, -0.2) is 9.59 Å². The van der Waals surface area contributed by atoms with Crippen molar-refractivity contribution in [1.29, 1.82) is 0 Å². The zero-order chi connectivity index (χ0) is 26.1. The van der Waals surface area contributed by atoms with Crippen LogP contribution in [0, 0.1) is 12.8 Å². The maximum atomic E-state index is 10.6. The number of furan rings is 1. The van der Waals surface area contributed by atoms with Gasteiger partial charge in [0, 0.05) is 32.8 Å². The van der Waals surface area contributed by atoms with Crippen molar-refractivity contribution < 1.29 is 55.3 Å². The first-order valence-electron chi connectivity index (χ1n) is 10.3. The van der Waals surface area contributed by atoms with Crippen LogP contribution in [0.3, 0.4) is 0 Å². The number of carboxylic acids is 2. The molecule has 3 rings (SSSR count). The van der Waals surface area contributed by atoms with Crippen molar-refractivity contribution in [3.05, 3.63) is 23.7 Å². The van der Waals surface area contributed by atoms with Gasteiger partial charge >= 0.3 is 24.3 Å². The molecule has 1 aromatic rings. The van der Waals surface area contributed by atoms with E-state index >= 15 is 0 Å². The number of aryl methyl sites for hydroxylation is 1. The topological polar surface area (TPSA) is 103 Å². The van der Waals surface area contributed by atoms with Crippen LogP contribution in [0.15, 0.2) is 16.5 Å². The predicted molar refractivity (Wildman–Crippen MR) is 106 cm³/mol. The molecule has 0 aliphatic carbocycles. The first-order valence-corrected chi connectivity index (χ1v) is 10.3. The summed E-state index contributed by atoms with van der Waals surface area (Å²) in [5, 5.41) is 14.2. The van der Waals surface area contributed by atoms with E-state index in [0.717, 1.165) is 43.2 Å². The number of ether oxygens (including phenoxy) is 1. The number of halogens is 6. The molecule has 0 aromatic carbocycles. The standard InChI is InChI=1S/C16H26N2O2.2C2HF3O2/c1-13-3-4-15(20-13)12-17-7-6-16-14(11-17)5-8-18(16)9-10-19-2;2*3-2(4,5)1(6)7/h3-4,14,16H,5-12H2,1-2H3;2*(H,6,7)/t14-,16+;;/m0../s1. The number of methoxy groups -OCH3 is 1. The molecule has 1 aromatic heterocycles. The molecule has 8 nitrogen and oxygen atoms in total. The highest BCUT2D eigenvalue weighted by molar-refractivity contribution is 5.73. The Kier molecular flexibility index (Phi) is 11.3. The lowest BCUT2D eigenvalue weighted by atomic mass is 9.93. The molecule has 34 heavy (non-hydrogen) atoms. The molecular weight excluding hydrogens is 478 g/mol. The zero-order valence-corrected chi connectivity index (χ0v) is 18.7. The van der Waals surface area contributed by atoms with Crippen molar-refractivity contribution in [2.24, 2.45) is 5.92 Å². The van der Waals surface area contributed by atoms with Crippen LogP contribution < -0.4 is 0 Å². The average Bonchev–Trinajstić information content (AvgIpc) is 3.31. The van der Waals surface area contributed by atoms with Crippen LogP contribution >= 0.6 is 0 Å². The molecule has 2 atom stereocenters. The summed E-state index contributed by atoms with van der Waals surface area (Å²) in [6, 6.07) is 4.95. The number of piperidine rings is 1. The number of nitrogens with zero attached hydrogens (tertiary/aromatic N) is 2. The van der Waals surface area contributed by atoms with Crippen molar-refractivity contribution in [2.75, 3.05) is 39.9 Å². The summed E-state index contributed by atoms with van der Waals surface area (Å²) in [5.41, 5.74) is 0. The number of carboxylic acid groups (broad SMARTS) is 2. The molecule has 0 unspecified atom stereocenters. The van der Waals surface area contributed by atoms with E-state index in [1.807, 2.05) is 6.92 Å². The molecule has 14 heteroatoms. The summed E-state index contributed by atoms with van der Waals surface area (Å²) < 4.78 is 74.4. The number of alkyl halides is 6. The largest absolute Gasteiger partial charge is 0.490 e. The molecule has 196 valence electrons. The molecule has 2 aliphatic heterocycles. The molecular formula is C20H28F6N2O6. The Labute approximate surface area is 192 Å². The average molecular weight is 506 g/mol. The number of fused-ring (bicyclic) bond motifs is 1. The number of hydrogen-bond acceptors (Lipinski definition) is 6. The van der Waals surface area contributed by atoms with E-state index in [9.17, 15) is 26.3 Å². The second-order valence-corrected chi connectivity index (χ2v) is 7.79. The van der Waals surface area contributed by atoms with E-state index in [0.29, 0.717) is 0 Å². The fourth-order valence-electron chi connectivity index (χ4n) is 3.78. The fourth-order valence-corrected chi connectivity index (χ4v) is 3.78. The SMILES string of the molecule is COCCN1CC[C@H]2CN(Cc3ccc(C)o3)CC[C@H]21.O=C(O)C(F)(F)F.O=C(O)C(F)(F)F. The van der Waals surface area contributed by atoms with Gasteiger partial charge in [0.2, 0.25) is 0 Å². The van der Waals surface area contributed by atoms with Gasteiger partial charge in [0.25, 0.3) is 0 Å². The molecule has 2 aliphatic rings. The number of rotatable bonds is 5. The van der Waals surface area contributed by atoms with E-state index in [-0.39, 0.29) is 0 Å². The van der Waals surface area contributed by atoms with Gasteiger partial charge in [-0.15, -0.1) is 0 Å². The Morgan fingerprint density at radius 2 is 1.62 bits per heavy atom. The molecule has 3 heterocycles. The highest BCUT2D eigenvalue weighted by Gasteiger charge is 2.39. The van der Waals surface area contributed by atoms with Crippen LogP contribution in [0.5, 0.6) is 0 Å². The Balaban J connectivity index is 0.000000343. The van der Waals surface area contributed by atoms with E-state index in [1.54, 1.807) is 7.11 Å². The lowest BCUT2D eigenvalue weighted by Crippen LogP contribution is -2.46. The minimum Gasteiger partial charge on any atom is -0.475 e. The number of carbonyl (C=O) groups is 2. The van der Waals surface area contributed by atoms with Gasteiger partial charge in [0.1, 0.15) is 11.5 Å². The van der Waals surface area contributed by atoms with Crippen molar-refractivity contribution in [3.63, 3.8) is 0 Å². The van der Waals surface area contributed by atoms with Gasteiger partial charge in [0.15, 0.2) is 0 Å². The Morgan fingerprint density at radius 3 is 2.06 bits per heavy atom. The third kappa shape index (κ3) is 10.3. The summed E-state index contributed by atoms with van der Waals surface area (Å²) in [6.45, 7) is 8.58. The van der Waals surface area contributed by atoms with Gasteiger partial charge < -0.3 is 19.4 Å². The third-order valence-electron chi connectivity index (χ3n) is 5.28. The van der Waals surface area contributed by atoms with Gasteiger partial charge in [-0.05, 0) is 44.4 Å². The van der Waals surface area contributed by atoms with Crippen LogP contribution in [-0.2, 0) is 20.9 Å². The smallest absolute Gasteiger partial charge is 0.475 e. The van der Waals surface area contributed by atoms with E-state index < -0.39 is 24.3 Å². The predicted octanol–water partition coefficient (Wildman–Crippen LogP) is 3.40. The van der Waals surface area contributed by atoms with E-state index in [1.165, 1.54) is 32.5 Å². The maximum Gasteiger partial charge on any atom is 0.490 e. The molecule has 2 N–H and O–H groups in total. The van der Waals surface area contributed by atoms with Crippen LogP contribution in [0.2, 0.25) is 0 Å². The quantitative estimate of drug-likeness (QED) is 0.586. The third-order valence-corrected chi connectivity index (χ3v) is 5.28. The van der Waals surface area contributed by atoms with Gasteiger partial charge in [-0.2, -0.15) is 26.3 Å². The number of aliphatic carboxylic acids is 2. The minimum atomic E-state index is -5.08. The van der Waals surface area contributed by atoms with Crippen molar-refractivity contribution in [2.45, 2.75) is 44.7 Å². The second-order valence-electron chi connectivity index (χ2n) is 7.79. The van der Waals surface area contributed by atoms with Gasteiger partial charge in [-0.3, -0.25) is 9.80 Å². The highest BCUT2D eigenvalue weighted by atomic mass is 19.4. The van der Waals surface area contributed by atoms with Crippen LogP contribution in [0.25, 0.3) is 0 Å². The normalized spacial score (nSPS) is 21.1. The molecule has 2 fully saturated rings. The minimum absolute atomic E-state index is 0.778. The van der Waals surface area contributed by atoms with Crippen LogP contribution in [-0.4, -0.2) is 90.2 Å². The zero-order valence-electron chi connectivity index (χ0n) is 18.7. The molecule has 0 spiro atoms. The summed E-state index contributed by atoms with van der Waals surface area (Å²) >= 11 is 0. The molecule has 0 amide bonds. The Hall–Kier alpha value is -2.32. The van der Waals surface area contributed by atoms with Gasteiger partial charge in [-0.1, -0.05) is 0 Å². The van der Waals surface area contributed by atoms with Crippen molar-refractivity contribution in [1.82, 2.24) is 9.80 Å². The number of hydrogen-bond donors (Lipinski definition) is 2. The Bertz CT molecular complexity index is 758.